The van der Waals surface area contributed by atoms with E-state index in [9.17, 15) is 8.78 Å². The molecule has 84 valence electrons. The molecular weight excluding hydrogens is 196 g/mol. The molecule has 0 heterocycles. The fraction of sp³-hybridized carbons (Fsp3) is 0.500. The number of hydrogen-bond donors (Lipinski definition) is 1. The van der Waals surface area contributed by atoms with Gasteiger partial charge in [-0.3, -0.25) is 0 Å². The van der Waals surface area contributed by atoms with Gasteiger partial charge < -0.3 is 5.32 Å². The van der Waals surface area contributed by atoms with Crippen LogP contribution >= 0.6 is 0 Å². The summed E-state index contributed by atoms with van der Waals surface area (Å²) in [7, 11) is 1.84. The monoisotopic (exact) mass is 213 g/mol. The zero-order valence-corrected chi connectivity index (χ0v) is 9.35. The number of halogens is 2. The summed E-state index contributed by atoms with van der Waals surface area (Å²) in [6.07, 6.45) is 0.512. The Bertz CT molecular complexity index is 323. The summed E-state index contributed by atoms with van der Waals surface area (Å²) < 4.78 is 26.3. The fourth-order valence-corrected chi connectivity index (χ4v) is 1.61. The van der Waals surface area contributed by atoms with E-state index in [2.05, 4.69) is 19.2 Å². The van der Waals surface area contributed by atoms with Crippen LogP contribution in [0.25, 0.3) is 0 Å². The Kier molecular flexibility index (Phi) is 4.21. The van der Waals surface area contributed by atoms with E-state index in [1.54, 1.807) is 12.1 Å². The highest BCUT2D eigenvalue weighted by molar-refractivity contribution is 5.20. The van der Waals surface area contributed by atoms with Crippen molar-refractivity contribution in [1.82, 2.24) is 5.32 Å². The van der Waals surface area contributed by atoms with Crippen molar-refractivity contribution in [2.24, 2.45) is 5.92 Å². The smallest absolute Gasteiger partial charge is 0.162 e. The molecule has 0 aliphatic rings. The second-order valence-electron chi connectivity index (χ2n) is 4.06. The molecule has 0 amide bonds. The van der Waals surface area contributed by atoms with Crippen molar-refractivity contribution in [1.29, 1.82) is 0 Å². The van der Waals surface area contributed by atoms with E-state index in [4.69, 9.17) is 0 Å². The van der Waals surface area contributed by atoms with Gasteiger partial charge in [-0.1, -0.05) is 26.0 Å². The molecule has 15 heavy (non-hydrogen) atoms. The van der Waals surface area contributed by atoms with E-state index in [-0.39, 0.29) is 6.04 Å². The van der Waals surface area contributed by atoms with Crippen molar-refractivity contribution in [3.8, 4) is 0 Å². The summed E-state index contributed by atoms with van der Waals surface area (Å²) in [4.78, 5) is 0. The lowest BCUT2D eigenvalue weighted by molar-refractivity contribution is 0.412. The van der Waals surface area contributed by atoms with E-state index in [1.165, 1.54) is 0 Å². The van der Waals surface area contributed by atoms with Gasteiger partial charge in [0.25, 0.3) is 0 Å². The van der Waals surface area contributed by atoms with Gasteiger partial charge in [-0.25, -0.2) is 8.78 Å². The van der Waals surface area contributed by atoms with Gasteiger partial charge in [-0.15, -0.1) is 0 Å². The van der Waals surface area contributed by atoms with Crippen LogP contribution in [0.4, 0.5) is 8.78 Å². The van der Waals surface area contributed by atoms with Crippen molar-refractivity contribution < 1.29 is 8.78 Å². The Morgan fingerprint density at radius 1 is 1.27 bits per heavy atom. The van der Waals surface area contributed by atoms with Crippen molar-refractivity contribution in [2.45, 2.75) is 26.3 Å². The largest absolute Gasteiger partial charge is 0.316 e. The molecule has 0 saturated carbocycles. The van der Waals surface area contributed by atoms with Crippen LogP contribution in [0, 0.1) is 17.6 Å². The number of nitrogens with one attached hydrogen (secondary N) is 1. The van der Waals surface area contributed by atoms with Crippen molar-refractivity contribution in [2.75, 3.05) is 7.05 Å². The zero-order chi connectivity index (χ0) is 11.4. The predicted molar refractivity (Wildman–Crippen MR) is 57.7 cm³/mol. The second kappa shape index (κ2) is 5.21. The van der Waals surface area contributed by atoms with E-state index in [0.29, 0.717) is 17.9 Å². The summed E-state index contributed by atoms with van der Waals surface area (Å²) in [6, 6.07) is 4.48. The molecule has 0 saturated heterocycles. The van der Waals surface area contributed by atoms with Crippen molar-refractivity contribution in [3.63, 3.8) is 0 Å². The Balaban J connectivity index is 2.84. The Morgan fingerprint density at radius 2 is 1.93 bits per heavy atom. The molecule has 1 N–H and O–H groups in total. The van der Waals surface area contributed by atoms with Gasteiger partial charge in [-0.2, -0.15) is 0 Å². The molecule has 0 radical (unpaired) electrons. The lowest BCUT2D eigenvalue weighted by Gasteiger charge is -2.20. The first kappa shape index (κ1) is 12.1. The highest BCUT2D eigenvalue weighted by Crippen LogP contribution is 2.15. The Labute approximate surface area is 89.5 Å². The molecular formula is C12H17F2N. The highest BCUT2D eigenvalue weighted by atomic mass is 19.2. The van der Waals surface area contributed by atoms with Crippen LogP contribution in [0.5, 0.6) is 0 Å². The maximum Gasteiger partial charge on any atom is 0.162 e. The maximum atomic E-state index is 13.4. The number of likely N-dealkylation sites (N-methyl/N-ethyl adjacent to an activating group) is 1. The molecule has 1 aromatic rings. The van der Waals surface area contributed by atoms with Crippen LogP contribution in [-0.2, 0) is 6.42 Å². The van der Waals surface area contributed by atoms with E-state index >= 15 is 0 Å². The van der Waals surface area contributed by atoms with Crippen LogP contribution in [0.2, 0.25) is 0 Å². The minimum absolute atomic E-state index is 0.168. The average molecular weight is 213 g/mol. The molecule has 0 bridgehead atoms. The van der Waals surface area contributed by atoms with E-state index in [1.807, 2.05) is 7.05 Å². The van der Waals surface area contributed by atoms with Crippen LogP contribution in [-0.4, -0.2) is 13.1 Å². The quantitative estimate of drug-likeness (QED) is 0.811. The lowest BCUT2D eigenvalue weighted by atomic mass is 9.96. The molecule has 1 unspecified atom stereocenters. The molecule has 3 heteroatoms. The van der Waals surface area contributed by atoms with E-state index < -0.39 is 11.6 Å². The SMILES string of the molecule is CNC(Cc1cccc(F)c1F)C(C)C. The molecule has 1 rings (SSSR count). The zero-order valence-electron chi connectivity index (χ0n) is 9.35. The molecule has 0 aliphatic carbocycles. The molecule has 1 atom stereocenters. The molecule has 0 fully saturated rings. The molecule has 1 nitrogen and oxygen atoms in total. The first-order valence-corrected chi connectivity index (χ1v) is 5.16. The van der Waals surface area contributed by atoms with Gasteiger partial charge in [0.05, 0.1) is 0 Å². The van der Waals surface area contributed by atoms with E-state index in [0.717, 1.165) is 6.07 Å². The first-order valence-electron chi connectivity index (χ1n) is 5.16. The predicted octanol–water partition coefficient (Wildman–Crippen LogP) is 2.75. The fourth-order valence-electron chi connectivity index (χ4n) is 1.61. The summed E-state index contributed by atoms with van der Waals surface area (Å²) >= 11 is 0. The average Bonchev–Trinajstić information content (AvgIpc) is 2.19. The third-order valence-corrected chi connectivity index (χ3v) is 2.65. The summed E-state index contributed by atoms with van der Waals surface area (Å²) in [5, 5.41) is 3.11. The van der Waals surface area contributed by atoms with Gasteiger partial charge in [0.2, 0.25) is 0 Å². The maximum absolute atomic E-state index is 13.4. The molecule has 0 spiro atoms. The van der Waals surface area contributed by atoms with Crippen LogP contribution < -0.4 is 5.32 Å². The van der Waals surface area contributed by atoms with Crippen LogP contribution in [0.15, 0.2) is 18.2 Å². The summed E-state index contributed by atoms with van der Waals surface area (Å²) in [5.74, 6) is -1.11. The van der Waals surface area contributed by atoms with Gasteiger partial charge >= 0.3 is 0 Å². The summed E-state index contributed by atoms with van der Waals surface area (Å²) in [5.41, 5.74) is 0.433. The van der Waals surface area contributed by atoms with Crippen molar-refractivity contribution >= 4 is 0 Å². The highest BCUT2D eigenvalue weighted by Gasteiger charge is 2.15. The molecule has 0 aliphatic heterocycles. The standard InChI is InChI=1S/C12H17F2N/c1-8(2)11(15-3)7-9-5-4-6-10(13)12(9)14/h4-6,8,11,15H,7H2,1-3H3. The van der Waals surface area contributed by atoms with Gasteiger partial charge in [0.1, 0.15) is 0 Å². The van der Waals surface area contributed by atoms with Crippen molar-refractivity contribution in [3.05, 3.63) is 35.4 Å². The Hall–Kier alpha value is -0.960. The number of benzene rings is 1. The van der Waals surface area contributed by atoms with Gasteiger partial charge in [0.15, 0.2) is 11.6 Å². The minimum Gasteiger partial charge on any atom is -0.316 e. The first-order chi connectivity index (χ1) is 7.06. The molecule has 1 aromatic carbocycles. The lowest BCUT2D eigenvalue weighted by Crippen LogP contribution is -2.33. The Morgan fingerprint density at radius 3 is 2.47 bits per heavy atom. The molecule has 0 aromatic heterocycles. The third kappa shape index (κ3) is 2.99. The topological polar surface area (TPSA) is 12.0 Å². The third-order valence-electron chi connectivity index (χ3n) is 2.65. The second-order valence-corrected chi connectivity index (χ2v) is 4.06. The van der Waals surface area contributed by atoms with Crippen LogP contribution in [0.1, 0.15) is 19.4 Å². The van der Waals surface area contributed by atoms with Gasteiger partial charge in [-0.05, 0) is 31.0 Å². The van der Waals surface area contributed by atoms with Gasteiger partial charge in [0, 0.05) is 6.04 Å². The number of hydrogen-bond acceptors (Lipinski definition) is 1. The minimum atomic E-state index is -0.772. The number of rotatable bonds is 4. The van der Waals surface area contributed by atoms with Crippen LogP contribution in [0.3, 0.4) is 0 Å². The normalized spacial score (nSPS) is 13.2. The summed E-state index contributed by atoms with van der Waals surface area (Å²) in [6.45, 7) is 4.11.